The van der Waals surface area contributed by atoms with Crippen molar-refractivity contribution in [2.24, 2.45) is 5.73 Å². The lowest BCUT2D eigenvalue weighted by Crippen LogP contribution is -2.22. The molecule has 1 aliphatic heterocycles. The lowest BCUT2D eigenvalue weighted by Gasteiger charge is -2.20. The number of hydrogen-bond acceptors (Lipinski definition) is 3. The second kappa shape index (κ2) is 6.10. The van der Waals surface area contributed by atoms with Gasteiger partial charge in [0.15, 0.2) is 0 Å². The molecule has 18 heavy (non-hydrogen) atoms. The molecule has 0 radical (unpaired) electrons. The predicted octanol–water partition coefficient (Wildman–Crippen LogP) is 1.82. The van der Waals surface area contributed by atoms with Crippen molar-refractivity contribution < 1.29 is 9.53 Å². The van der Waals surface area contributed by atoms with E-state index in [0.29, 0.717) is 0 Å². The Bertz CT molecular complexity index is 426. The van der Waals surface area contributed by atoms with Crippen LogP contribution in [-0.2, 0) is 16.0 Å². The lowest BCUT2D eigenvalue weighted by molar-refractivity contribution is -0.117. The molecule has 1 aliphatic rings. The highest BCUT2D eigenvalue weighted by atomic mass is 16.5. The van der Waals surface area contributed by atoms with Gasteiger partial charge in [-0.05, 0) is 36.6 Å². The molecule has 0 aromatic heterocycles. The minimum Gasteiger partial charge on any atom is -0.497 e. The monoisotopic (exact) mass is 246 g/mol. The molecule has 4 heteroatoms. The number of ether oxygens (including phenoxy) is 1. The molecular formula is C14H18N2O2. The molecule has 1 aromatic rings. The Morgan fingerprint density at radius 1 is 1.39 bits per heavy atom. The van der Waals surface area contributed by atoms with Crippen molar-refractivity contribution in [1.29, 1.82) is 0 Å². The Morgan fingerprint density at radius 3 is 2.78 bits per heavy atom. The van der Waals surface area contributed by atoms with E-state index in [1.54, 1.807) is 6.26 Å². The minimum atomic E-state index is -0.307. The zero-order valence-corrected chi connectivity index (χ0v) is 10.3. The van der Waals surface area contributed by atoms with E-state index in [-0.39, 0.29) is 18.4 Å². The van der Waals surface area contributed by atoms with Crippen LogP contribution in [-0.4, -0.2) is 18.6 Å². The molecule has 0 spiro atoms. The van der Waals surface area contributed by atoms with Gasteiger partial charge >= 0.3 is 0 Å². The molecule has 0 bridgehead atoms. The summed E-state index contributed by atoms with van der Waals surface area (Å²) in [4.78, 5) is 10.8. The molecule has 1 unspecified atom stereocenters. The average molecular weight is 246 g/mol. The summed E-state index contributed by atoms with van der Waals surface area (Å²) in [5.74, 6) is -0.307. The van der Waals surface area contributed by atoms with Crippen LogP contribution in [0.4, 0.5) is 5.69 Å². The van der Waals surface area contributed by atoms with E-state index in [1.807, 2.05) is 30.3 Å². The van der Waals surface area contributed by atoms with Crippen LogP contribution < -0.4 is 11.1 Å². The third-order valence-corrected chi connectivity index (χ3v) is 2.89. The Balaban J connectivity index is 1.82. The van der Waals surface area contributed by atoms with E-state index in [1.165, 1.54) is 0 Å². The van der Waals surface area contributed by atoms with E-state index in [4.69, 9.17) is 10.5 Å². The summed E-state index contributed by atoms with van der Waals surface area (Å²) in [5, 5.41) is 3.32. The quantitative estimate of drug-likeness (QED) is 0.833. The van der Waals surface area contributed by atoms with Gasteiger partial charge in [-0.3, -0.25) is 4.79 Å². The number of nitrogens with two attached hydrogens (primary N) is 1. The summed E-state index contributed by atoms with van der Waals surface area (Å²) < 4.78 is 5.47. The summed E-state index contributed by atoms with van der Waals surface area (Å²) in [6, 6.07) is 7.73. The Morgan fingerprint density at radius 2 is 2.17 bits per heavy atom. The number of hydrogen-bond donors (Lipinski definition) is 2. The standard InChI is InChI=1S/C14H18N2O2/c15-14(17)9-11-4-6-12(7-5-11)16-10-13-3-1-2-8-18-13/h2,4-8,13,16H,1,3,9-10H2,(H2,15,17). The van der Waals surface area contributed by atoms with E-state index in [9.17, 15) is 4.79 Å². The van der Waals surface area contributed by atoms with Gasteiger partial charge in [0.2, 0.25) is 5.91 Å². The predicted molar refractivity (Wildman–Crippen MR) is 71.1 cm³/mol. The first-order chi connectivity index (χ1) is 8.74. The summed E-state index contributed by atoms with van der Waals surface area (Å²) in [5.41, 5.74) is 7.11. The maximum atomic E-state index is 10.8. The molecule has 3 N–H and O–H groups in total. The van der Waals surface area contributed by atoms with Crippen LogP contribution in [0.15, 0.2) is 36.6 Å². The maximum Gasteiger partial charge on any atom is 0.221 e. The molecular weight excluding hydrogens is 228 g/mol. The fraction of sp³-hybridized carbons (Fsp3) is 0.357. The molecule has 0 saturated heterocycles. The number of carbonyl (C=O) groups is 1. The van der Waals surface area contributed by atoms with Crippen molar-refractivity contribution in [3.63, 3.8) is 0 Å². The van der Waals surface area contributed by atoms with Gasteiger partial charge in [0.1, 0.15) is 6.10 Å². The normalized spacial score (nSPS) is 18.1. The van der Waals surface area contributed by atoms with Crippen molar-refractivity contribution in [3.8, 4) is 0 Å². The first-order valence-electron chi connectivity index (χ1n) is 6.15. The number of benzene rings is 1. The average Bonchev–Trinajstić information content (AvgIpc) is 2.38. The van der Waals surface area contributed by atoms with Gasteiger partial charge in [-0.1, -0.05) is 12.1 Å². The number of amides is 1. The highest BCUT2D eigenvalue weighted by molar-refractivity contribution is 5.76. The molecule has 0 aliphatic carbocycles. The van der Waals surface area contributed by atoms with Crippen LogP contribution in [0.1, 0.15) is 18.4 Å². The number of rotatable bonds is 5. The summed E-state index contributed by atoms with van der Waals surface area (Å²) in [6.45, 7) is 0.791. The number of allylic oxidation sites excluding steroid dienone is 1. The number of nitrogens with one attached hydrogen (secondary N) is 1. The van der Waals surface area contributed by atoms with Crippen LogP contribution >= 0.6 is 0 Å². The molecule has 1 heterocycles. The fourth-order valence-electron chi connectivity index (χ4n) is 1.91. The zero-order chi connectivity index (χ0) is 12.8. The van der Waals surface area contributed by atoms with Crippen LogP contribution in [0.5, 0.6) is 0 Å². The summed E-state index contributed by atoms with van der Waals surface area (Å²) >= 11 is 0. The zero-order valence-electron chi connectivity index (χ0n) is 10.3. The number of anilines is 1. The van der Waals surface area contributed by atoms with Crippen molar-refractivity contribution >= 4 is 11.6 Å². The third kappa shape index (κ3) is 3.80. The van der Waals surface area contributed by atoms with Gasteiger partial charge < -0.3 is 15.8 Å². The Labute approximate surface area is 107 Å². The topological polar surface area (TPSA) is 64.4 Å². The van der Waals surface area contributed by atoms with Crippen molar-refractivity contribution in [3.05, 3.63) is 42.2 Å². The van der Waals surface area contributed by atoms with E-state index in [0.717, 1.165) is 30.6 Å². The maximum absolute atomic E-state index is 10.8. The van der Waals surface area contributed by atoms with Crippen LogP contribution in [0.25, 0.3) is 0 Å². The molecule has 4 nitrogen and oxygen atoms in total. The van der Waals surface area contributed by atoms with Crippen molar-refractivity contribution in [2.75, 3.05) is 11.9 Å². The highest BCUT2D eigenvalue weighted by Gasteiger charge is 2.10. The van der Waals surface area contributed by atoms with Gasteiger partial charge in [0, 0.05) is 5.69 Å². The first-order valence-corrected chi connectivity index (χ1v) is 6.15. The fourth-order valence-corrected chi connectivity index (χ4v) is 1.91. The Kier molecular flexibility index (Phi) is 4.23. The molecule has 1 aromatic carbocycles. The van der Waals surface area contributed by atoms with Gasteiger partial charge in [-0.2, -0.15) is 0 Å². The largest absolute Gasteiger partial charge is 0.497 e. The Hall–Kier alpha value is -1.97. The van der Waals surface area contributed by atoms with Gasteiger partial charge in [0.25, 0.3) is 0 Å². The molecule has 1 atom stereocenters. The van der Waals surface area contributed by atoms with E-state index < -0.39 is 0 Å². The van der Waals surface area contributed by atoms with E-state index in [2.05, 4.69) is 5.32 Å². The third-order valence-electron chi connectivity index (χ3n) is 2.89. The molecule has 96 valence electrons. The van der Waals surface area contributed by atoms with Gasteiger partial charge in [-0.25, -0.2) is 0 Å². The minimum absolute atomic E-state index is 0.236. The summed E-state index contributed by atoms with van der Waals surface area (Å²) in [7, 11) is 0. The van der Waals surface area contributed by atoms with Gasteiger partial charge in [-0.15, -0.1) is 0 Å². The second-order valence-corrected chi connectivity index (χ2v) is 4.43. The molecule has 2 rings (SSSR count). The van der Waals surface area contributed by atoms with Crippen molar-refractivity contribution in [1.82, 2.24) is 0 Å². The van der Waals surface area contributed by atoms with Crippen molar-refractivity contribution in [2.45, 2.75) is 25.4 Å². The smallest absolute Gasteiger partial charge is 0.221 e. The van der Waals surface area contributed by atoms with Crippen LogP contribution in [0, 0.1) is 0 Å². The SMILES string of the molecule is NC(=O)Cc1ccc(NCC2CCC=CO2)cc1. The number of carbonyl (C=O) groups excluding carboxylic acids is 1. The lowest BCUT2D eigenvalue weighted by atomic mass is 10.1. The van der Waals surface area contributed by atoms with Crippen LogP contribution in [0.2, 0.25) is 0 Å². The number of primary amides is 1. The first kappa shape index (κ1) is 12.5. The molecule has 0 saturated carbocycles. The van der Waals surface area contributed by atoms with E-state index >= 15 is 0 Å². The molecule has 1 amide bonds. The summed E-state index contributed by atoms with van der Waals surface area (Å²) in [6.07, 6.45) is 6.45. The molecule has 0 fully saturated rings. The van der Waals surface area contributed by atoms with Crippen LogP contribution in [0.3, 0.4) is 0 Å². The van der Waals surface area contributed by atoms with Gasteiger partial charge in [0.05, 0.1) is 19.2 Å². The second-order valence-electron chi connectivity index (χ2n) is 4.43. The highest BCUT2D eigenvalue weighted by Crippen LogP contribution is 2.13.